The molecule has 0 radical (unpaired) electrons. The Balaban J connectivity index is 0.00000135. The lowest BCUT2D eigenvalue weighted by molar-refractivity contribution is 0.122. The van der Waals surface area contributed by atoms with Gasteiger partial charge in [0.15, 0.2) is 17.4 Å². The van der Waals surface area contributed by atoms with Crippen LogP contribution in [0.25, 0.3) is 0 Å². The lowest BCUT2D eigenvalue weighted by Crippen LogP contribution is -2.63. The fourth-order valence-corrected chi connectivity index (χ4v) is 53.9. The van der Waals surface area contributed by atoms with Crippen molar-refractivity contribution in [2.24, 2.45) is 0 Å². The summed E-state index contributed by atoms with van der Waals surface area (Å²) in [4.78, 5) is 0. The van der Waals surface area contributed by atoms with Crippen molar-refractivity contribution in [1.29, 1.82) is 0 Å². The second-order valence-electron chi connectivity index (χ2n) is 22.0. The molecule has 33 heteroatoms. The lowest BCUT2D eigenvalue weighted by atomic mass is 10.4. The van der Waals surface area contributed by atoms with E-state index in [1.54, 1.807) is 107 Å². The Bertz CT molecular complexity index is 1670. The lowest BCUT2D eigenvalue weighted by Gasteiger charge is -2.47. The maximum absolute atomic E-state index is 7.12. The molecule has 470 valence electrons. The maximum Gasteiger partial charge on any atom is 0.500 e. The quantitative estimate of drug-likeness (QED) is 0.0581. The summed E-state index contributed by atoms with van der Waals surface area (Å²) in [5.41, 5.74) is 0. The van der Waals surface area contributed by atoms with Crippen LogP contribution in [-0.2, 0) is 87.0 Å². The second kappa shape index (κ2) is 37.8. The molecule has 0 spiro atoms. The van der Waals surface area contributed by atoms with Crippen molar-refractivity contribution in [2.45, 2.75) is 158 Å². The summed E-state index contributed by atoms with van der Waals surface area (Å²) >= 11 is 0. The molecule has 0 N–H and O–H groups in total. The van der Waals surface area contributed by atoms with Crippen molar-refractivity contribution in [1.82, 2.24) is 0 Å². The molecule has 1 aromatic rings. The van der Waals surface area contributed by atoms with Crippen LogP contribution in [0.1, 0.15) is 19.3 Å². The number of benzene rings is 1. The van der Waals surface area contributed by atoms with Gasteiger partial charge < -0.3 is 87.0 Å². The molecule has 20 nitrogen and oxygen atoms in total. The van der Waals surface area contributed by atoms with Gasteiger partial charge in [-0.2, -0.15) is 0 Å². The predicted molar refractivity (Wildman–Crippen MR) is 348 cm³/mol. The van der Waals surface area contributed by atoms with Gasteiger partial charge in [0, 0.05) is 137 Å². The molecule has 0 saturated carbocycles. The van der Waals surface area contributed by atoms with Crippen LogP contribution in [-0.4, -0.2) is 220 Å². The van der Waals surface area contributed by atoms with Crippen LogP contribution < -0.4 is 10.4 Å². The molecule has 1 aliphatic heterocycles. The van der Waals surface area contributed by atoms with Gasteiger partial charge in [-0.3, -0.25) is 0 Å². The molecule has 1 fully saturated rings. The number of hydrogen-bond donors (Lipinski definition) is 0. The van der Waals surface area contributed by atoms with Crippen LogP contribution in [0, 0.1) is 0 Å². The Morgan fingerprint density at radius 3 is 0.962 bits per heavy atom. The van der Waals surface area contributed by atoms with Gasteiger partial charge in [-0.1, -0.05) is 60.8 Å². The first-order chi connectivity index (χ1) is 36.8. The highest BCUT2D eigenvalue weighted by atomic mass is 28.5. The van der Waals surface area contributed by atoms with Gasteiger partial charge in [0.2, 0.25) is 0 Å². The summed E-state index contributed by atoms with van der Waals surface area (Å²) in [6.45, 7) is 26.9. The first-order valence-electron chi connectivity index (χ1n) is 27.6. The minimum atomic E-state index is -2.81. The fourth-order valence-electron chi connectivity index (χ4n) is 9.77. The van der Waals surface area contributed by atoms with E-state index in [4.69, 9.17) is 87.0 Å². The molecule has 0 bridgehead atoms. The molecule has 0 aliphatic carbocycles. The topological polar surface area (TPSA) is 185 Å². The van der Waals surface area contributed by atoms with Crippen LogP contribution in [0.15, 0.2) is 24.3 Å². The highest BCUT2D eigenvalue weighted by Gasteiger charge is 2.53. The molecule has 2 atom stereocenters. The van der Waals surface area contributed by atoms with Gasteiger partial charge in [0.25, 0.3) is 0 Å². The standard InChI is InChI=1S/C22H58O13Si7.C15H30O3Si3.C9H26O4Si3/c1-23-40(24-2,25-3)20-14-17-37(11)32-36(10)33-38(12,18-15-21-41(26-4,27-5)28-6)35-39(13,34-37)19-16-22-42(29-7,30-8)31-9;1-16-21(17-2,18-3)13-12-20(6,7)15-10-8-14(9-11-15)19(4)5;1-10-16(11-2,12-3)9-8-15(6,7)13-14(4)5/h36H,14-22H2,1-13H3;8-11,19H,12-13H2,1-7H3;14H,8-9H2,1-7H3. The van der Waals surface area contributed by atoms with Gasteiger partial charge in [0.1, 0.15) is 0 Å². The molecule has 2 unspecified atom stereocenters. The van der Waals surface area contributed by atoms with Crippen molar-refractivity contribution in [3.05, 3.63) is 24.3 Å². The molecule has 0 aromatic heterocycles. The molecule has 1 aliphatic rings. The molecule has 79 heavy (non-hydrogen) atoms. The van der Waals surface area contributed by atoms with E-state index in [0.717, 1.165) is 61.6 Å². The fraction of sp³-hybridized carbons (Fsp3) is 0.870. The monoisotopic (exact) mass is 1350 g/mol. The van der Waals surface area contributed by atoms with E-state index in [1.165, 1.54) is 10.4 Å². The van der Waals surface area contributed by atoms with E-state index in [2.05, 4.69) is 103 Å². The predicted octanol–water partition coefficient (Wildman–Crippen LogP) is 8.18. The third-order valence-corrected chi connectivity index (χ3v) is 58.0. The van der Waals surface area contributed by atoms with Crippen LogP contribution in [0.5, 0.6) is 0 Å². The first kappa shape index (κ1) is 80.2. The minimum absolute atomic E-state index is 0.655. The SMILES string of the molecule is CO[Si](CCC[Si]1(C)O[SiH](C)O[Si](C)(CCC[Si](OC)(OC)OC)O[Si](C)(CCC[Si](OC)(OC)OC)O1)(OC)OC.CO[Si](CC[Si](C)(C)O[SiH](C)C)(OC)OC.CO[Si](CC[Si](C)(C)c1ccc([SiH](C)C)cc1)(OC)OC. The van der Waals surface area contributed by atoms with Gasteiger partial charge in [-0.25, -0.2) is 0 Å². The maximum atomic E-state index is 7.12. The van der Waals surface area contributed by atoms with E-state index in [0.29, 0.717) is 18.1 Å². The van der Waals surface area contributed by atoms with E-state index >= 15 is 0 Å². The highest BCUT2D eigenvalue weighted by Crippen LogP contribution is 2.37. The summed E-state index contributed by atoms with van der Waals surface area (Å²) in [5.74, 6) is 0. The van der Waals surface area contributed by atoms with Crippen molar-refractivity contribution in [3.8, 4) is 0 Å². The summed E-state index contributed by atoms with van der Waals surface area (Å²) in [6.07, 6.45) is 2.34. The van der Waals surface area contributed by atoms with Crippen molar-refractivity contribution in [2.75, 3.05) is 107 Å². The smallest absolute Gasteiger partial charge is 0.458 e. The van der Waals surface area contributed by atoms with Gasteiger partial charge in [-0.05, 0) is 102 Å². The van der Waals surface area contributed by atoms with E-state index in [1.807, 2.05) is 0 Å². The Morgan fingerprint density at radius 2 is 0.684 bits per heavy atom. The third-order valence-electron chi connectivity index (χ3n) is 14.7. The Labute approximate surface area is 496 Å². The van der Waals surface area contributed by atoms with Crippen molar-refractivity contribution in [3.63, 3.8) is 0 Å². The molecule has 1 saturated heterocycles. The van der Waals surface area contributed by atoms with Gasteiger partial charge in [0.05, 0.1) is 16.9 Å². The van der Waals surface area contributed by atoms with E-state index in [9.17, 15) is 0 Å². The Morgan fingerprint density at radius 1 is 0.405 bits per heavy atom. The summed E-state index contributed by atoms with van der Waals surface area (Å²) in [6, 6.07) is 17.4. The van der Waals surface area contributed by atoms with Crippen LogP contribution in [0.4, 0.5) is 0 Å². The number of rotatable bonds is 37. The van der Waals surface area contributed by atoms with E-state index < -0.39 is 113 Å². The van der Waals surface area contributed by atoms with Gasteiger partial charge in [-0.15, -0.1) is 0 Å². The van der Waals surface area contributed by atoms with Crippen molar-refractivity contribution >= 4 is 124 Å². The number of hydrogen-bond acceptors (Lipinski definition) is 20. The summed E-state index contributed by atoms with van der Waals surface area (Å²) in [7, 11) is -3.28. The van der Waals surface area contributed by atoms with Gasteiger partial charge >= 0.3 is 79.0 Å². The zero-order valence-electron chi connectivity index (χ0n) is 54.4. The molecular weight excluding hydrogens is 1240 g/mol. The van der Waals surface area contributed by atoms with E-state index in [-0.39, 0.29) is 0 Å². The average Bonchev–Trinajstić information content (AvgIpc) is 3.41. The Hall–Kier alpha value is 1.24. The molecule has 2 rings (SSSR count). The summed E-state index contributed by atoms with van der Waals surface area (Å²) < 4.78 is 118. The molecule has 1 aromatic carbocycles. The first-order valence-corrected chi connectivity index (χ1v) is 58.9. The van der Waals surface area contributed by atoms with Crippen molar-refractivity contribution < 1.29 is 87.0 Å². The normalized spacial score (nSPS) is 21.1. The van der Waals surface area contributed by atoms with Crippen LogP contribution >= 0.6 is 0 Å². The zero-order valence-corrected chi connectivity index (χ0v) is 67.9. The Kier molecular flexibility index (Phi) is 38.4. The molecular formula is C46H114O20Si13. The largest absolute Gasteiger partial charge is 0.500 e. The highest BCUT2D eigenvalue weighted by molar-refractivity contribution is 6.91. The summed E-state index contributed by atoms with van der Waals surface area (Å²) in [5, 5.41) is 3.05. The van der Waals surface area contributed by atoms with Crippen LogP contribution in [0.2, 0.25) is 139 Å². The zero-order chi connectivity index (χ0) is 61.0. The van der Waals surface area contributed by atoms with Crippen LogP contribution in [0.3, 0.4) is 0 Å². The molecule has 1 heterocycles. The second-order valence-corrected chi connectivity index (χ2v) is 65.3. The average molecular weight is 1350 g/mol. The molecule has 0 amide bonds. The third kappa shape index (κ3) is 27.4. The minimum Gasteiger partial charge on any atom is -0.458 e.